The highest BCUT2D eigenvalue weighted by atomic mass is 16.3. The van der Waals surface area contributed by atoms with Gasteiger partial charge >= 0.3 is 0 Å². The number of piperazine rings is 1. The van der Waals surface area contributed by atoms with Crippen molar-refractivity contribution in [1.82, 2.24) is 9.88 Å². The average Bonchev–Trinajstić information content (AvgIpc) is 2.40. The summed E-state index contributed by atoms with van der Waals surface area (Å²) in [7, 11) is 0. The van der Waals surface area contributed by atoms with Crippen LogP contribution >= 0.6 is 0 Å². The molecule has 2 heterocycles. The van der Waals surface area contributed by atoms with Crippen molar-refractivity contribution in [2.24, 2.45) is 0 Å². The molecule has 4 heteroatoms. The van der Waals surface area contributed by atoms with Gasteiger partial charge in [0.05, 0.1) is 23.7 Å². The topological polar surface area (TPSA) is 39.6 Å². The molecule has 1 aromatic rings. The van der Waals surface area contributed by atoms with E-state index in [1.807, 2.05) is 12.3 Å². The van der Waals surface area contributed by atoms with Crippen LogP contribution in [-0.4, -0.2) is 47.7 Å². The highest BCUT2D eigenvalue weighted by molar-refractivity contribution is 5.45. The van der Waals surface area contributed by atoms with Gasteiger partial charge in [-0.25, -0.2) is 0 Å². The molecule has 0 amide bonds. The van der Waals surface area contributed by atoms with Crippen LogP contribution < -0.4 is 4.90 Å². The Morgan fingerprint density at radius 3 is 2.50 bits per heavy atom. The highest BCUT2D eigenvalue weighted by Crippen LogP contribution is 2.17. The van der Waals surface area contributed by atoms with Gasteiger partial charge < -0.3 is 10.0 Å². The number of aliphatic hydroxyl groups excluding tert-OH is 1. The van der Waals surface area contributed by atoms with E-state index in [0.717, 1.165) is 37.6 Å². The van der Waals surface area contributed by atoms with Crippen molar-refractivity contribution in [1.29, 1.82) is 0 Å². The smallest absolute Gasteiger partial charge is 0.0931 e. The van der Waals surface area contributed by atoms with Crippen molar-refractivity contribution in [3.8, 4) is 0 Å². The molecular weight excluding hydrogens is 226 g/mol. The number of hydrogen-bond acceptors (Lipinski definition) is 4. The molecule has 1 aliphatic heterocycles. The van der Waals surface area contributed by atoms with Crippen molar-refractivity contribution in [2.75, 3.05) is 37.6 Å². The normalized spacial score (nSPS) is 18.9. The maximum Gasteiger partial charge on any atom is 0.0931 e. The molecule has 0 aliphatic carbocycles. The monoisotopic (exact) mass is 249 g/mol. The summed E-state index contributed by atoms with van der Waals surface area (Å²) in [6, 6.07) is 3.98. The minimum Gasteiger partial charge on any atom is -0.387 e. The minimum absolute atomic E-state index is 0.486. The van der Waals surface area contributed by atoms with Gasteiger partial charge in [-0.15, -0.1) is 0 Å². The molecule has 1 atom stereocenters. The Hall–Kier alpha value is -1.13. The highest BCUT2D eigenvalue weighted by Gasteiger charge is 2.16. The molecule has 0 spiro atoms. The lowest BCUT2D eigenvalue weighted by Crippen LogP contribution is -2.46. The lowest BCUT2D eigenvalue weighted by atomic mass is 10.2. The first-order chi connectivity index (χ1) is 8.70. The summed E-state index contributed by atoms with van der Waals surface area (Å²) in [5.41, 5.74) is 1.90. The van der Waals surface area contributed by atoms with Crippen LogP contribution in [0.25, 0.3) is 0 Å². The molecule has 0 saturated carbocycles. The number of aromatic nitrogens is 1. The zero-order valence-electron chi connectivity index (χ0n) is 11.3. The van der Waals surface area contributed by atoms with Crippen LogP contribution in [-0.2, 0) is 0 Å². The third-order valence-corrected chi connectivity index (χ3v) is 3.48. The molecule has 0 radical (unpaired) electrons. The SMILES string of the molecule is CCCN1CCN(c2ccc([C@H](C)O)nc2)CC1. The summed E-state index contributed by atoms with van der Waals surface area (Å²) in [6.45, 7) is 9.56. The lowest BCUT2D eigenvalue weighted by Gasteiger charge is -2.35. The quantitative estimate of drug-likeness (QED) is 0.881. The summed E-state index contributed by atoms with van der Waals surface area (Å²) in [4.78, 5) is 9.18. The number of pyridine rings is 1. The van der Waals surface area contributed by atoms with Gasteiger partial charge in [-0.3, -0.25) is 9.88 Å². The van der Waals surface area contributed by atoms with Crippen LogP contribution in [0.5, 0.6) is 0 Å². The number of rotatable bonds is 4. The second-order valence-electron chi connectivity index (χ2n) is 4.95. The first kappa shape index (κ1) is 13.3. The summed E-state index contributed by atoms with van der Waals surface area (Å²) in [6.07, 6.45) is 2.61. The molecule has 0 aromatic carbocycles. The molecule has 1 saturated heterocycles. The zero-order chi connectivity index (χ0) is 13.0. The molecule has 0 unspecified atom stereocenters. The first-order valence-corrected chi connectivity index (χ1v) is 6.82. The van der Waals surface area contributed by atoms with E-state index in [-0.39, 0.29) is 0 Å². The van der Waals surface area contributed by atoms with Crippen molar-refractivity contribution in [3.05, 3.63) is 24.0 Å². The van der Waals surface area contributed by atoms with E-state index in [2.05, 4.69) is 27.8 Å². The second kappa shape index (κ2) is 6.16. The molecule has 100 valence electrons. The van der Waals surface area contributed by atoms with Crippen LogP contribution in [0, 0.1) is 0 Å². The van der Waals surface area contributed by atoms with E-state index in [4.69, 9.17) is 0 Å². The predicted molar refractivity (Wildman–Crippen MR) is 73.8 cm³/mol. The predicted octanol–water partition coefficient (Wildman–Crippen LogP) is 1.67. The second-order valence-corrected chi connectivity index (χ2v) is 4.95. The van der Waals surface area contributed by atoms with Crippen LogP contribution in [0.2, 0.25) is 0 Å². The molecule has 0 bridgehead atoms. The van der Waals surface area contributed by atoms with Gasteiger partial charge in [0, 0.05) is 26.2 Å². The Bertz CT molecular complexity index is 356. The molecule has 1 fully saturated rings. The van der Waals surface area contributed by atoms with Gasteiger partial charge in [0.15, 0.2) is 0 Å². The van der Waals surface area contributed by atoms with Gasteiger partial charge in [0.25, 0.3) is 0 Å². The van der Waals surface area contributed by atoms with Crippen LogP contribution in [0.15, 0.2) is 18.3 Å². The molecule has 2 rings (SSSR count). The summed E-state index contributed by atoms with van der Waals surface area (Å²) in [5, 5.41) is 9.44. The standard InChI is InChI=1S/C14H23N3O/c1-3-6-16-7-9-17(10-8-16)13-4-5-14(12(2)18)15-11-13/h4-5,11-12,18H,3,6-10H2,1-2H3/t12-/m0/s1. The fourth-order valence-corrected chi connectivity index (χ4v) is 2.38. The van der Waals surface area contributed by atoms with Crippen LogP contribution in [0.3, 0.4) is 0 Å². The van der Waals surface area contributed by atoms with E-state index in [9.17, 15) is 5.11 Å². The number of anilines is 1. The van der Waals surface area contributed by atoms with Crippen molar-refractivity contribution >= 4 is 5.69 Å². The zero-order valence-corrected chi connectivity index (χ0v) is 11.3. The lowest BCUT2D eigenvalue weighted by molar-refractivity contribution is 0.194. The molecular formula is C14H23N3O. The first-order valence-electron chi connectivity index (χ1n) is 6.82. The fourth-order valence-electron chi connectivity index (χ4n) is 2.38. The van der Waals surface area contributed by atoms with E-state index < -0.39 is 6.10 Å². The molecule has 18 heavy (non-hydrogen) atoms. The van der Waals surface area contributed by atoms with E-state index in [1.54, 1.807) is 6.92 Å². The summed E-state index contributed by atoms with van der Waals surface area (Å²) < 4.78 is 0. The Balaban J connectivity index is 1.93. The van der Waals surface area contributed by atoms with Crippen molar-refractivity contribution in [3.63, 3.8) is 0 Å². The van der Waals surface area contributed by atoms with E-state index in [0.29, 0.717) is 0 Å². The third-order valence-electron chi connectivity index (χ3n) is 3.48. The van der Waals surface area contributed by atoms with Crippen LogP contribution in [0.1, 0.15) is 32.1 Å². The van der Waals surface area contributed by atoms with Crippen molar-refractivity contribution < 1.29 is 5.11 Å². The van der Waals surface area contributed by atoms with Crippen LogP contribution in [0.4, 0.5) is 5.69 Å². The average molecular weight is 249 g/mol. The van der Waals surface area contributed by atoms with E-state index in [1.165, 1.54) is 13.0 Å². The van der Waals surface area contributed by atoms with Crippen molar-refractivity contribution in [2.45, 2.75) is 26.4 Å². The Kier molecular flexibility index (Phi) is 4.55. The molecule has 1 aliphatic rings. The van der Waals surface area contributed by atoms with Gasteiger partial charge in [0.1, 0.15) is 0 Å². The Morgan fingerprint density at radius 1 is 1.28 bits per heavy atom. The summed E-state index contributed by atoms with van der Waals surface area (Å²) in [5.74, 6) is 0. The number of nitrogens with zero attached hydrogens (tertiary/aromatic N) is 3. The fraction of sp³-hybridized carbons (Fsp3) is 0.643. The largest absolute Gasteiger partial charge is 0.387 e. The maximum absolute atomic E-state index is 9.44. The third kappa shape index (κ3) is 3.21. The minimum atomic E-state index is -0.486. The molecule has 4 nitrogen and oxygen atoms in total. The van der Waals surface area contributed by atoms with Gasteiger partial charge in [-0.2, -0.15) is 0 Å². The van der Waals surface area contributed by atoms with E-state index >= 15 is 0 Å². The van der Waals surface area contributed by atoms with Gasteiger partial charge in [-0.1, -0.05) is 6.92 Å². The number of hydrogen-bond donors (Lipinski definition) is 1. The Labute approximate surface area is 109 Å². The summed E-state index contributed by atoms with van der Waals surface area (Å²) >= 11 is 0. The Morgan fingerprint density at radius 2 is 2.00 bits per heavy atom. The molecule has 1 aromatic heterocycles. The maximum atomic E-state index is 9.44. The van der Waals surface area contributed by atoms with Gasteiger partial charge in [-0.05, 0) is 32.0 Å². The molecule has 1 N–H and O–H groups in total. The number of aliphatic hydroxyl groups is 1. The van der Waals surface area contributed by atoms with Gasteiger partial charge in [0.2, 0.25) is 0 Å².